The molecular weight excluding hydrogens is 384 g/mol. The molecule has 0 radical (unpaired) electrons. The van der Waals surface area contributed by atoms with Crippen molar-refractivity contribution in [2.24, 2.45) is 0 Å². The van der Waals surface area contributed by atoms with E-state index in [0.717, 1.165) is 0 Å². The highest BCUT2D eigenvalue weighted by atomic mass is 16.5. The van der Waals surface area contributed by atoms with Gasteiger partial charge in [-0.2, -0.15) is 0 Å². The minimum absolute atomic E-state index is 0.0884. The van der Waals surface area contributed by atoms with Gasteiger partial charge in [-0.1, -0.05) is 0 Å². The maximum absolute atomic E-state index is 11.7. The molecule has 0 atom stereocenters. The van der Waals surface area contributed by atoms with Crippen LogP contribution >= 0.6 is 0 Å². The van der Waals surface area contributed by atoms with Gasteiger partial charge in [0.1, 0.15) is 0 Å². The van der Waals surface area contributed by atoms with E-state index < -0.39 is 0 Å². The van der Waals surface area contributed by atoms with Gasteiger partial charge < -0.3 is 39.1 Å². The molecule has 0 unspecified atom stereocenters. The number of rotatable bonds is 22. The highest BCUT2D eigenvalue weighted by Crippen LogP contribution is 1.95. The lowest BCUT2D eigenvalue weighted by Gasteiger charge is -2.08. The minimum Gasteiger partial charge on any atom is -0.382 e. The van der Waals surface area contributed by atoms with Crippen molar-refractivity contribution in [3.8, 4) is 0 Å². The molecule has 0 aliphatic rings. The Morgan fingerprint density at radius 1 is 0.552 bits per heavy atom. The van der Waals surface area contributed by atoms with Crippen molar-refractivity contribution in [2.75, 3.05) is 93.4 Å². The van der Waals surface area contributed by atoms with E-state index >= 15 is 0 Å². The molecule has 0 saturated heterocycles. The summed E-state index contributed by atoms with van der Waals surface area (Å²) in [5.74, 6) is -0.177. The topological polar surface area (TPSA) is 114 Å². The van der Waals surface area contributed by atoms with Crippen molar-refractivity contribution >= 4 is 11.8 Å². The van der Waals surface area contributed by atoms with Gasteiger partial charge in [0.05, 0.1) is 66.1 Å². The maximum Gasteiger partial charge on any atom is 0.220 e. The van der Waals surface area contributed by atoms with Gasteiger partial charge in [0.15, 0.2) is 0 Å². The van der Waals surface area contributed by atoms with Gasteiger partial charge in [-0.25, -0.2) is 0 Å². The molecule has 0 aromatic rings. The summed E-state index contributed by atoms with van der Waals surface area (Å²) in [5, 5.41) is 5.51. The summed E-state index contributed by atoms with van der Waals surface area (Å²) < 4.78 is 30.9. The third-order valence-corrected chi connectivity index (χ3v) is 3.55. The van der Waals surface area contributed by atoms with Crippen LogP contribution in [0.25, 0.3) is 0 Å². The molecule has 29 heavy (non-hydrogen) atoms. The van der Waals surface area contributed by atoms with Gasteiger partial charge >= 0.3 is 0 Å². The molecule has 0 rings (SSSR count). The lowest BCUT2D eigenvalue weighted by Crippen LogP contribution is -2.29. The molecule has 172 valence electrons. The summed E-state index contributed by atoms with van der Waals surface area (Å²) in [6.45, 7) is 5.90. The Labute approximate surface area is 173 Å². The molecule has 0 spiro atoms. The molecule has 10 heteroatoms. The van der Waals surface area contributed by atoms with Crippen LogP contribution in [0.1, 0.15) is 19.3 Å². The van der Waals surface area contributed by atoms with Crippen LogP contribution in [-0.4, -0.2) is 105 Å². The molecule has 0 bridgehead atoms. The smallest absolute Gasteiger partial charge is 0.220 e. The lowest BCUT2D eigenvalue weighted by atomic mass is 10.2. The molecule has 0 fully saturated rings. The van der Waals surface area contributed by atoms with Gasteiger partial charge in [0.2, 0.25) is 11.8 Å². The van der Waals surface area contributed by atoms with E-state index in [2.05, 4.69) is 10.6 Å². The Kier molecular flexibility index (Phi) is 22.0. The van der Waals surface area contributed by atoms with Crippen LogP contribution in [0.4, 0.5) is 0 Å². The standard InChI is InChI=1S/C19H38N2O8/c1-24-10-12-28-16-14-26-8-6-20-18(22)4-3-5-19(23)21-7-9-27-15-17-29-13-11-25-2/h3-17H2,1-2H3,(H,20,22)(H,21,23). The molecule has 2 N–H and O–H groups in total. The summed E-state index contributed by atoms with van der Waals surface area (Å²) >= 11 is 0. The first-order chi connectivity index (χ1) is 14.2. The first-order valence-electron chi connectivity index (χ1n) is 10.0. The second-order valence-electron chi connectivity index (χ2n) is 5.99. The zero-order chi connectivity index (χ0) is 21.4. The maximum atomic E-state index is 11.7. The summed E-state index contributed by atoms with van der Waals surface area (Å²) in [4.78, 5) is 23.4. The molecule has 0 aliphatic heterocycles. The molecular formula is C19H38N2O8. The van der Waals surface area contributed by atoms with Crippen molar-refractivity contribution in [2.45, 2.75) is 19.3 Å². The Balaban J connectivity index is 3.31. The van der Waals surface area contributed by atoms with Gasteiger partial charge in [-0.05, 0) is 6.42 Å². The van der Waals surface area contributed by atoms with Crippen LogP contribution in [0, 0.1) is 0 Å². The number of nitrogens with one attached hydrogen (secondary N) is 2. The zero-order valence-corrected chi connectivity index (χ0v) is 17.9. The lowest BCUT2D eigenvalue weighted by molar-refractivity contribution is -0.122. The monoisotopic (exact) mass is 422 g/mol. The van der Waals surface area contributed by atoms with Crippen LogP contribution in [0.2, 0.25) is 0 Å². The van der Waals surface area contributed by atoms with Crippen molar-refractivity contribution in [1.82, 2.24) is 10.6 Å². The number of carbonyl (C=O) groups excluding carboxylic acids is 2. The Morgan fingerprint density at radius 3 is 1.28 bits per heavy atom. The van der Waals surface area contributed by atoms with Crippen LogP contribution in [0.5, 0.6) is 0 Å². The fourth-order valence-electron chi connectivity index (χ4n) is 2.04. The van der Waals surface area contributed by atoms with Crippen LogP contribution in [0.3, 0.4) is 0 Å². The van der Waals surface area contributed by atoms with Crippen LogP contribution in [-0.2, 0) is 38.0 Å². The van der Waals surface area contributed by atoms with Crippen molar-refractivity contribution in [3.63, 3.8) is 0 Å². The largest absolute Gasteiger partial charge is 0.382 e. The molecule has 0 aromatic carbocycles. The zero-order valence-electron chi connectivity index (χ0n) is 17.9. The van der Waals surface area contributed by atoms with Crippen LogP contribution in [0.15, 0.2) is 0 Å². The van der Waals surface area contributed by atoms with E-state index in [9.17, 15) is 9.59 Å². The van der Waals surface area contributed by atoms with Gasteiger partial charge in [-0.15, -0.1) is 0 Å². The molecule has 0 saturated carbocycles. The number of methoxy groups -OCH3 is 2. The van der Waals surface area contributed by atoms with E-state index in [-0.39, 0.29) is 11.8 Å². The first kappa shape index (κ1) is 27.7. The Morgan fingerprint density at radius 2 is 0.897 bits per heavy atom. The fraction of sp³-hybridized carbons (Fsp3) is 0.895. The van der Waals surface area contributed by atoms with Crippen molar-refractivity contribution in [3.05, 3.63) is 0 Å². The number of hydrogen-bond acceptors (Lipinski definition) is 8. The number of amides is 2. The van der Waals surface area contributed by atoms with Crippen molar-refractivity contribution < 1.29 is 38.0 Å². The third kappa shape index (κ3) is 22.8. The van der Waals surface area contributed by atoms with Crippen LogP contribution < -0.4 is 10.6 Å². The molecule has 0 aliphatic carbocycles. The predicted molar refractivity (Wildman–Crippen MR) is 107 cm³/mol. The highest BCUT2D eigenvalue weighted by molar-refractivity contribution is 5.78. The van der Waals surface area contributed by atoms with E-state index in [1.54, 1.807) is 14.2 Å². The normalized spacial score (nSPS) is 10.8. The second-order valence-corrected chi connectivity index (χ2v) is 5.99. The first-order valence-corrected chi connectivity index (χ1v) is 10.0. The fourth-order valence-corrected chi connectivity index (χ4v) is 2.04. The van der Waals surface area contributed by atoms with Gasteiger partial charge in [0.25, 0.3) is 0 Å². The SMILES string of the molecule is COCCOCCOCCNC(=O)CCCC(=O)NCCOCCOCCOC. The number of carbonyl (C=O) groups is 2. The third-order valence-electron chi connectivity index (χ3n) is 3.55. The quantitative estimate of drug-likeness (QED) is 0.230. The highest BCUT2D eigenvalue weighted by Gasteiger charge is 2.05. The Hall–Kier alpha value is -1.30. The summed E-state index contributed by atoms with van der Waals surface area (Å²) in [6, 6.07) is 0. The average Bonchev–Trinajstić information content (AvgIpc) is 2.71. The number of ether oxygens (including phenoxy) is 6. The second kappa shape index (κ2) is 23.0. The van der Waals surface area contributed by atoms with Crippen molar-refractivity contribution in [1.29, 1.82) is 0 Å². The summed E-state index contributed by atoms with van der Waals surface area (Å²) in [6.07, 6.45) is 1.12. The molecule has 0 heterocycles. The van der Waals surface area contributed by atoms with E-state index in [4.69, 9.17) is 28.4 Å². The van der Waals surface area contributed by atoms with E-state index in [1.165, 1.54) is 0 Å². The van der Waals surface area contributed by atoms with E-state index in [0.29, 0.717) is 98.4 Å². The molecule has 0 aromatic heterocycles. The van der Waals surface area contributed by atoms with Gasteiger partial charge in [0, 0.05) is 40.2 Å². The minimum atomic E-state index is -0.0884. The Bertz CT molecular complexity index is 351. The average molecular weight is 423 g/mol. The predicted octanol–water partition coefficient (Wildman–Crippen LogP) is -0.252. The van der Waals surface area contributed by atoms with E-state index in [1.807, 2.05) is 0 Å². The molecule has 2 amide bonds. The molecule has 10 nitrogen and oxygen atoms in total. The number of hydrogen-bond donors (Lipinski definition) is 2. The summed E-state index contributed by atoms with van der Waals surface area (Å²) in [7, 11) is 3.24. The van der Waals surface area contributed by atoms with Gasteiger partial charge in [-0.3, -0.25) is 9.59 Å². The summed E-state index contributed by atoms with van der Waals surface area (Å²) in [5.41, 5.74) is 0.